The molecule has 19 heavy (non-hydrogen) atoms. The topological polar surface area (TPSA) is 95.9 Å². The van der Waals surface area contributed by atoms with Crippen LogP contribution >= 0.6 is 0 Å². The molecule has 0 bridgehead atoms. The Labute approximate surface area is 114 Å². The van der Waals surface area contributed by atoms with Crippen molar-refractivity contribution < 1.29 is 23.1 Å². The highest BCUT2D eigenvalue weighted by Crippen LogP contribution is 2.09. The molecule has 2 N–H and O–H groups in total. The average molecular weight is 294 g/mol. The van der Waals surface area contributed by atoms with Crippen molar-refractivity contribution in [3.8, 4) is 0 Å². The molecule has 1 aliphatic rings. The van der Waals surface area contributed by atoms with Gasteiger partial charge >= 0.3 is 0 Å². The summed E-state index contributed by atoms with van der Waals surface area (Å²) < 4.78 is 30.8. The number of hydrogen-bond donors (Lipinski definition) is 2. The highest BCUT2D eigenvalue weighted by atomic mass is 32.2. The van der Waals surface area contributed by atoms with Crippen LogP contribution in [0.2, 0.25) is 0 Å². The van der Waals surface area contributed by atoms with Crippen molar-refractivity contribution in [2.24, 2.45) is 0 Å². The number of morpholine rings is 1. The van der Waals surface area contributed by atoms with Gasteiger partial charge in [0.25, 0.3) is 0 Å². The van der Waals surface area contributed by atoms with Gasteiger partial charge in [-0.3, -0.25) is 4.79 Å². The molecule has 7 nitrogen and oxygen atoms in total. The minimum Gasteiger partial charge on any atom is -0.394 e. The fourth-order valence-electron chi connectivity index (χ4n) is 1.99. The standard InChI is InChI=1S/C11H22N2O5S/c1-3-6-19(16,17)12-9(2)11(15)13-4-5-18-8-10(13)7-14/h9-10,12,14H,3-8H2,1-2H3. The molecule has 0 aromatic carbocycles. The van der Waals surface area contributed by atoms with Crippen molar-refractivity contribution in [2.45, 2.75) is 32.4 Å². The van der Waals surface area contributed by atoms with Gasteiger partial charge in [-0.15, -0.1) is 0 Å². The van der Waals surface area contributed by atoms with Crippen molar-refractivity contribution in [2.75, 3.05) is 32.1 Å². The molecule has 112 valence electrons. The lowest BCUT2D eigenvalue weighted by atomic mass is 10.2. The molecular weight excluding hydrogens is 272 g/mol. The van der Waals surface area contributed by atoms with Crippen LogP contribution in [-0.2, 0) is 19.6 Å². The fraction of sp³-hybridized carbons (Fsp3) is 0.909. The van der Waals surface area contributed by atoms with Gasteiger partial charge in [0, 0.05) is 6.54 Å². The van der Waals surface area contributed by atoms with E-state index in [1.54, 1.807) is 6.92 Å². The molecule has 2 unspecified atom stereocenters. The number of aliphatic hydroxyl groups excluding tert-OH is 1. The third-order valence-electron chi connectivity index (χ3n) is 2.92. The van der Waals surface area contributed by atoms with Gasteiger partial charge in [0.15, 0.2) is 0 Å². The quantitative estimate of drug-likeness (QED) is 0.650. The molecular formula is C11H22N2O5S. The van der Waals surface area contributed by atoms with Crippen molar-refractivity contribution in [1.29, 1.82) is 0 Å². The first-order valence-electron chi connectivity index (χ1n) is 6.40. The Balaban J connectivity index is 2.65. The number of carbonyl (C=O) groups is 1. The Morgan fingerprint density at radius 3 is 2.84 bits per heavy atom. The summed E-state index contributed by atoms with van der Waals surface area (Å²) >= 11 is 0. The molecule has 1 heterocycles. The van der Waals surface area contributed by atoms with Gasteiger partial charge in [-0.2, -0.15) is 0 Å². The maximum absolute atomic E-state index is 12.2. The number of amides is 1. The number of nitrogens with zero attached hydrogens (tertiary/aromatic N) is 1. The summed E-state index contributed by atoms with van der Waals surface area (Å²) in [6.07, 6.45) is 0.493. The molecule has 2 atom stereocenters. The van der Waals surface area contributed by atoms with Crippen LogP contribution in [0.15, 0.2) is 0 Å². The van der Waals surface area contributed by atoms with Gasteiger partial charge in [-0.25, -0.2) is 13.1 Å². The van der Waals surface area contributed by atoms with Gasteiger partial charge in [-0.1, -0.05) is 6.92 Å². The van der Waals surface area contributed by atoms with Crippen molar-refractivity contribution in [3.05, 3.63) is 0 Å². The Morgan fingerprint density at radius 2 is 2.26 bits per heavy atom. The van der Waals surface area contributed by atoms with Gasteiger partial charge in [0.2, 0.25) is 15.9 Å². The summed E-state index contributed by atoms with van der Waals surface area (Å²) in [5.74, 6) is -0.334. The first-order chi connectivity index (χ1) is 8.91. The number of hydrogen-bond acceptors (Lipinski definition) is 5. The molecule has 0 radical (unpaired) electrons. The average Bonchev–Trinajstić information content (AvgIpc) is 2.37. The normalized spacial score (nSPS) is 22.3. The monoisotopic (exact) mass is 294 g/mol. The number of aliphatic hydroxyl groups is 1. The molecule has 1 fully saturated rings. The van der Waals surface area contributed by atoms with Gasteiger partial charge in [0.1, 0.15) is 0 Å². The van der Waals surface area contributed by atoms with E-state index >= 15 is 0 Å². The first-order valence-corrected chi connectivity index (χ1v) is 8.05. The molecule has 1 aliphatic heterocycles. The zero-order chi connectivity index (χ0) is 14.5. The van der Waals surface area contributed by atoms with Crippen molar-refractivity contribution in [1.82, 2.24) is 9.62 Å². The first kappa shape index (κ1) is 16.4. The molecule has 8 heteroatoms. The third-order valence-corrected chi connectivity index (χ3v) is 4.58. The summed E-state index contributed by atoms with van der Waals surface area (Å²) in [7, 11) is -3.43. The van der Waals surface area contributed by atoms with Crippen LogP contribution in [0.1, 0.15) is 20.3 Å². The summed E-state index contributed by atoms with van der Waals surface area (Å²) in [4.78, 5) is 13.7. The van der Waals surface area contributed by atoms with E-state index in [4.69, 9.17) is 4.74 Å². The number of carbonyl (C=O) groups excluding carboxylic acids is 1. The van der Waals surface area contributed by atoms with Crippen LogP contribution in [-0.4, -0.2) is 68.5 Å². The van der Waals surface area contributed by atoms with E-state index < -0.39 is 22.1 Å². The van der Waals surface area contributed by atoms with E-state index in [2.05, 4.69) is 4.72 Å². The lowest BCUT2D eigenvalue weighted by Gasteiger charge is -2.36. The zero-order valence-corrected chi connectivity index (χ0v) is 12.1. The summed E-state index contributed by atoms with van der Waals surface area (Å²) in [5, 5.41) is 9.20. The number of sulfonamides is 1. The van der Waals surface area contributed by atoms with Crippen molar-refractivity contribution in [3.63, 3.8) is 0 Å². The summed E-state index contributed by atoms with van der Waals surface area (Å²) in [5.41, 5.74) is 0. The predicted octanol–water partition coefficient (Wildman–Crippen LogP) is -1.08. The molecule has 0 aromatic heterocycles. The number of ether oxygens (including phenoxy) is 1. The van der Waals surface area contributed by atoms with Crippen LogP contribution in [0.4, 0.5) is 0 Å². The Kier molecular flexibility index (Phi) is 6.18. The van der Waals surface area contributed by atoms with Gasteiger partial charge in [0.05, 0.1) is 37.7 Å². The second-order valence-electron chi connectivity index (χ2n) is 4.60. The largest absolute Gasteiger partial charge is 0.394 e. The smallest absolute Gasteiger partial charge is 0.240 e. The molecule has 0 spiro atoms. The van der Waals surface area contributed by atoms with E-state index in [1.807, 2.05) is 0 Å². The highest BCUT2D eigenvalue weighted by Gasteiger charge is 2.31. The zero-order valence-electron chi connectivity index (χ0n) is 11.3. The molecule has 1 amide bonds. The number of nitrogens with one attached hydrogen (secondary N) is 1. The highest BCUT2D eigenvalue weighted by molar-refractivity contribution is 7.89. The van der Waals surface area contributed by atoms with E-state index in [-0.39, 0.29) is 24.9 Å². The number of rotatable bonds is 6. The minimum atomic E-state index is -3.43. The Morgan fingerprint density at radius 1 is 1.58 bits per heavy atom. The van der Waals surface area contributed by atoms with E-state index in [9.17, 15) is 18.3 Å². The molecule has 0 saturated carbocycles. The fourth-order valence-corrected chi connectivity index (χ4v) is 3.29. The molecule has 0 aromatic rings. The lowest BCUT2D eigenvalue weighted by Crippen LogP contribution is -2.56. The van der Waals surface area contributed by atoms with E-state index in [1.165, 1.54) is 11.8 Å². The Bertz CT molecular complexity index is 398. The Hall–Kier alpha value is -0.700. The van der Waals surface area contributed by atoms with Crippen LogP contribution in [0, 0.1) is 0 Å². The van der Waals surface area contributed by atoms with Crippen LogP contribution in [0.5, 0.6) is 0 Å². The summed E-state index contributed by atoms with van der Waals surface area (Å²) in [6, 6.07) is -1.23. The van der Waals surface area contributed by atoms with E-state index in [0.717, 1.165) is 0 Å². The van der Waals surface area contributed by atoms with E-state index in [0.29, 0.717) is 19.6 Å². The maximum Gasteiger partial charge on any atom is 0.240 e. The van der Waals surface area contributed by atoms with Crippen LogP contribution in [0.25, 0.3) is 0 Å². The lowest BCUT2D eigenvalue weighted by molar-refractivity contribution is -0.143. The third kappa shape index (κ3) is 4.72. The molecule has 1 rings (SSSR count). The molecule has 1 saturated heterocycles. The van der Waals surface area contributed by atoms with Crippen LogP contribution < -0.4 is 4.72 Å². The van der Waals surface area contributed by atoms with Gasteiger partial charge in [-0.05, 0) is 13.3 Å². The summed E-state index contributed by atoms with van der Waals surface area (Å²) in [6.45, 7) is 4.12. The van der Waals surface area contributed by atoms with Crippen LogP contribution in [0.3, 0.4) is 0 Å². The second-order valence-corrected chi connectivity index (χ2v) is 6.47. The maximum atomic E-state index is 12.2. The SMILES string of the molecule is CCCS(=O)(=O)NC(C)C(=O)N1CCOCC1CO. The predicted molar refractivity (Wildman–Crippen MR) is 70.1 cm³/mol. The second kappa shape index (κ2) is 7.18. The van der Waals surface area contributed by atoms with Gasteiger partial charge < -0.3 is 14.7 Å². The molecule has 0 aliphatic carbocycles. The minimum absolute atomic E-state index is 0.00282. The van der Waals surface area contributed by atoms with Crippen molar-refractivity contribution >= 4 is 15.9 Å².